The van der Waals surface area contributed by atoms with Gasteiger partial charge in [-0.15, -0.1) is 5.10 Å². The Labute approximate surface area is 195 Å². The molecule has 5 rings (SSSR count). The molecule has 8 nitrogen and oxygen atoms in total. The van der Waals surface area contributed by atoms with Crippen molar-refractivity contribution in [1.82, 2.24) is 24.7 Å². The monoisotopic (exact) mass is 455 g/mol. The Hall–Kier alpha value is -3.98. The van der Waals surface area contributed by atoms with Gasteiger partial charge >= 0.3 is 0 Å². The van der Waals surface area contributed by atoms with Crippen LogP contribution in [0.1, 0.15) is 24.2 Å². The fourth-order valence-electron chi connectivity index (χ4n) is 3.66. The van der Waals surface area contributed by atoms with E-state index in [1.807, 2.05) is 43.3 Å². The molecule has 0 saturated heterocycles. The zero-order valence-corrected chi connectivity index (χ0v) is 18.7. The number of carbonyl (C=O) groups excluding carboxylic acids is 1. The summed E-state index contributed by atoms with van der Waals surface area (Å²) < 4.78 is 1.74. The molecule has 0 aliphatic carbocycles. The normalized spacial score (nSPS) is 15.0. The Morgan fingerprint density at radius 2 is 1.94 bits per heavy atom. The number of amides is 1. The van der Waals surface area contributed by atoms with Crippen LogP contribution in [0, 0.1) is 0 Å². The third-order valence-corrected chi connectivity index (χ3v) is 6.08. The number of allylic oxidation sites excluding steroid dienone is 1. The van der Waals surface area contributed by atoms with Gasteiger partial charge in [0.25, 0.3) is 5.91 Å². The number of nitrogens with zero attached hydrogens (tertiary/aromatic N) is 5. The summed E-state index contributed by atoms with van der Waals surface area (Å²) in [5.74, 6) is 1.08. The number of aromatic nitrogens is 5. The van der Waals surface area contributed by atoms with Crippen molar-refractivity contribution in [3.63, 3.8) is 0 Å². The molecule has 1 aromatic carbocycles. The van der Waals surface area contributed by atoms with Crippen LogP contribution in [0.15, 0.2) is 95.7 Å². The van der Waals surface area contributed by atoms with Crippen LogP contribution in [0.4, 0.5) is 11.6 Å². The summed E-state index contributed by atoms with van der Waals surface area (Å²) >= 11 is 1.55. The van der Waals surface area contributed by atoms with Gasteiger partial charge < -0.3 is 10.6 Å². The standard InChI is InChI=1S/C24H21N7OS/c1-16-20(22(32)28-18-10-7-12-25-14-18)21(19-11-5-6-13-26-19)31-23(27-16)29-24(30-31)33-15-17-8-3-2-4-9-17/h2-14,21H,15H2,1H3,(H,28,32)(H,27,29,30)/t21-/m0/s1. The van der Waals surface area contributed by atoms with Crippen molar-refractivity contribution < 1.29 is 4.79 Å². The van der Waals surface area contributed by atoms with Crippen molar-refractivity contribution >= 4 is 29.3 Å². The van der Waals surface area contributed by atoms with E-state index in [1.54, 1.807) is 47.2 Å². The number of thioether (sulfide) groups is 1. The first-order chi connectivity index (χ1) is 16.2. The van der Waals surface area contributed by atoms with Crippen LogP contribution in [0.5, 0.6) is 0 Å². The Bertz CT molecular complexity index is 1290. The number of rotatable bonds is 6. The highest BCUT2D eigenvalue weighted by atomic mass is 32.2. The van der Waals surface area contributed by atoms with E-state index >= 15 is 0 Å². The summed E-state index contributed by atoms with van der Waals surface area (Å²) in [6.07, 6.45) is 4.99. The molecular formula is C24H21N7OS. The van der Waals surface area contributed by atoms with E-state index in [1.165, 1.54) is 5.56 Å². The van der Waals surface area contributed by atoms with E-state index in [0.29, 0.717) is 33.8 Å². The maximum absolute atomic E-state index is 13.4. The highest BCUT2D eigenvalue weighted by Crippen LogP contribution is 2.36. The predicted molar refractivity (Wildman–Crippen MR) is 128 cm³/mol. The first kappa shape index (κ1) is 20.9. The predicted octanol–water partition coefficient (Wildman–Crippen LogP) is 4.29. The molecule has 0 radical (unpaired) electrons. The van der Waals surface area contributed by atoms with Crippen molar-refractivity contribution in [2.75, 3.05) is 10.6 Å². The van der Waals surface area contributed by atoms with Crippen LogP contribution in [-0.4, -0.2) is 30.6 Å². The topological polar surface area (TPSA) is 97.6 Å². The van der Waals surface area contributed by atoms with Crippen LogP contribution in [0.2, 0.25) is 0 Å². The molecule has 164 valence electrons. The van der Waals surface area contributed by atoms with Gasteiger partial charge in [0.2, 0.25) is 11.1 Å². The maximum atomic E-state index is 13.4. The number of benzene rings is 1. The molecule has 0 fully saturated rings. The summed E-state index contributed by atoms with van der Waals surface area (Å²) in [6.45, 7) is 1.86. The van der Waals surface area contributed by atoms with Gasteiger partial charge in [-0.3, -0.25) is 14.8 Å². The highest BCUT2D eigenvalue weighted by molar-refractivity contribution is 7.98. The molecule has 2 N–H and O–H groups in total. The summed E-state index contributed by atoms with van der Waals surface area (Å²) in [4.78, 5) is 26.6. The number of nitrogens with one attached hydrogen (secondary N) is 2. The molecular weight excluding hydrogens is 434 g/mol. The van der Waals surface area contributed by atoms with Gasteiger partial charge in [-0.1, -0.05) is 48.2 Å². The molecule has 0 bridgehead atoms. The van der Waals surface area contributed by atoms with E-state index in [4.69, 9.17) is 5.10 Å². The first-order valence-corrected chi connectivity index (χ1v) is 11.4. The molecule has 1 aliphatic rings. The van der Waals surface area contributed by atoms with Crippen LogP contribution in [0.25, 0.3) is 0 Å². The largest absolute Gasteiger partial charge is 0.328 e. The van der Waals surface area contributed by atoms with Crippen molar-refractivity contribution in [2.45, 2.75) is 23.9 Å². The molecule has 4 heterocycles. The second-order valence-electron chi connectivity index (χ2n) is 7.45. The Morgan fingerprint density at radius 1 is 1.09 bits per heavy atom. The SMILES string of the molecule is CC1=C(C(=O)Nc2cccnc2)[C@H](c2ccccn2)n2nc(SCc3ccccc3)nc2N1. The highest BCUT2D eigenvalue weighted by Gasteiger charge is 2.35. The number of pyridine rings is 2. The molecule has 1 atom stereocenters. The molecule has 33 heavy (non-hydrogen) atoms. The average Bonchev–Trinajstić information content (AvgIpc) is 3.26. The summed E-state index contributed by atoms with van der Waals surface area (Å²) in [5, 5.41) is 11.5. The van der Waals surface area contributed by atoms with Crippen molar-refractivity contribution in [1.29, 1.82) is 0 Å². The average molecular weight is 456 g/mol. The summed E-state index contributed by atoms with van der Waals surface area (Å²) in [7, 11) is 0. The smallest absolute Gasteiger partial charge is 0.255 e. The van der Waals surface area contributed by atoms with E-state index in [-0.39, 0.29) is 5.91 Å². The van der Waals surface area contributed by atoms with Crippen LogP contribution >= 0.6 is 11.8 Å². The Kier molecular flexibility index (Phi) is 5.86. The van der Waals surface area contributed by atoms with E-state index in [2.05, 4.69) is 37.7 Å². The lowest BCUT2D eigenvalue weighted by atomic mass is 9.98. The van der Waals surface area contributed by atoms with Crippen LogP contribution < -0.4 is 10.6 Å². The van der Waals surface area contributed by atoms with Gasteiger partial charge in [0.05, 0.1) is 23.2 Å². The molecule has 0 saturated carbocycles. The Morgan fingerprint density at radius 3 is 2.70 bits per heavy atom. The fraction of sp³-hybridized carbons (Fsp3) is 0.125. The second-order valence-corrected chi connectivity index (χ2v) is 8.40. The van der Waals surface area contributed by atoms with E-state index in [9.17, 15) is 4.79 Å². The van der Waals surface area contributed by atoms with Gasteiger partial charge in [-0.05, 0) is 36.8 Å². The van der Waals surface area contributed by atoms with Gasteiger partial charge in [0, 0.05) is 23.8 Å². The summed E-state index contributed by atoms with van der Waals surface area (Å²) in [5.41, 5.74) is 3.74. The van der Waals surface area contributed by atoms with Crippen LogP contribution in [-0.2, 0) is 10.5 Å². The van der Waals surface area contributed by atoms with E-state index in [0.717, 1.165) is 5.75 Å². The second kappa shape index (κ2) is 9.25. The van der Waals surface area contributed by atoms with Crippen molar-refractivity contribution in [2.24, 2.45) is 0 Å². The van der Waals surface area contributed by atoms with E-state index < -0.39 is 6.04 Å². The molecule has 0 unspecified atom stereocenters. The molecule has 3 aromatic heterocycles. The first-order valence-electron chi connectivity index (χ1n) is 10.4. The molecule has 1 amide bonds. The summed E-state index contributed by atoms with van der Waals surface area (Å²) in [6, 6.07) is 18.9. The number of hydrogen-bond donors (Lipinski definition) is 2. The minimum atomic E-state index is -0.516. The fourth-order valence-corrected chi connectivity index (χ4v) is 4.44. The van der Waals surface area contributed by atoms with Gasteiger partial charge in [-0.25, -0.2) is 4.68 Å². The third-order valence-electron chi connectivity index (χ3n) is 5.18. The van der Waals surface area contributed by atoms with Crippen molar-refractivity contribution in [3.05, 3.63) is 102 Å². The number of fused-ring (bicyclic) bond motifs is 1. The zero-order chi connectivity index (χ0) is 22.6. The number of carbonyl (C=O) groups is 1. The molecule has 9 heteroatoms. The number of hydrogen-bond acceptors (Lipinski definition) is 7. The Balaban J connectivity index is 1.48. The lowest BCUT2D eigenvalue weighted by Gasteiger charge is -2.27. The molecule has 1 aliphatic heterocycles. The van der Waals surface area contributed by atoms with Gasteiger partial charge in [0.1, 0.15) is 6.04 Å². The third kappa shape index (κ3) is 4.49. The lowest BCUT2D eigenvalue weighted by molar-refractivity contribution is -0.113. The number of anilines is 2. The van der Waals surface area contributed by atoms with Crippen molar-refractivity contribution in [3.8, 4) is 0 Å². The minimum Gasteiger partial charge on any atom is -0.328 e. The quantitative estimate of drug-likeness (QED) is 0.419. The lowest BCUT2D eigenvalue weighted by Crippen LogP contribution is -2.32. The zero-order valence-electron chi connectivity index (χ0n) is 17.8. The van der Waals surface area contributed by atoms with Gasteiger partial charge in [-0.2, -0.15) is 4.98 Å². The minimum absolute atomic E-state index is 0.247. The van der Waals surface area contributed by atoms with Crippen LogP contribution in [0.3, 0.4) is 0 Å². The maximum Gasteiger partial charge on any atom is 0.255 e. The molecule has 4 aromatic rings. The molecule has 0 spiro atoms. The van der Waals surface area contributed by atoms with Gasteiger partial charge in [0.15, 0.2) is 0 Å².